The average Bonchev–Trinajstić information content (AvgIpc) is 2.96. The highest BCUT2D eigenvalue weighted by Gasteiger charge is 2.53. The summed E-state index contributed by atoms with van der Waals surface area (Å²) < 4.78 is 5.61. The highest BCUT2D eigenvalue weighted by molar-refractivity contribution is 5.99. The second kappa shape index (κ2) is 17.2. The van der Waals surface area contributed by atoms with Crippen molar-refractivity contribution in [3.05, 3.63) is 42.0 Å². The first-order valence-electron chi connectivity index (χ1n) is 14.4. The molecular formula is C30H48N4O6. The monoisotopic (exact) mass is 560 g/mol. The number of rotatable bonds is 17. The fourth-order valence-corrected chi connectivity index (χ4v) is 5.42. The zero-order valence-electron chi connectivity index (χ0n) is 24.1. The Morgan fingerprint density at radius 2 is 1.85 bits per heavy atom. The van der Waals surface area contributed by atoms with E-state index in [0.717, 1.165) is 18.4 Å². The molecule has 0 radical (unpaired) electrons. The van der Waals surface area contributed by atoms with Gasteiger partial charge in [-0.3, -0.25) is 19.8 Å². The number of unbranched alkanes of at least 4 members (excludes halogenated alkanes) is 2. The highest BCUT2D eigenvalue weighted by atomic mass is 16.8. The largest absolute Gasteiger partial charge is 0.396 e. The van der Waals surface area contributed by atoms with Gasteiger partial charge in [0.15, 0.2) is 12.1 Å². The number of ketones is 1. The molecule has 10 heteroatoms. The molecule has 1 saturated heterocycles. The lowest BCUT2D eigenvalue weighted by molar-refractivity contribution is -0.204. The van der Waals surface area contributed by atoms with Crippen LogP contribution in [0.25, 0.3) is 6.08 Å². The van der Waals surface area contributed by atoms with Gasteiger partial charge in [-0.1, -0.05) is 69.2 Å². The normalized spacial score (nSPS) is 19.5. The number of hydrogen-bond donors (Lipinski definition) is 5. The number of aliphatic hydroxyl groups excluding tert-OH is 1. The van der Waals surface area contributed by atoms with Gasteiger partial charge in [0.1, 0.15) is 0 Å². The summed E-state index contributed by atoms with van der Waals surface area (Å²) in [5.74, 6) is 1.97. The summed E-state index contributed by atoms with van der Waals surface area (Å²) in [5.41, 5.74) is 10.3. The van der Waals surface area contributed by atoms with Gasteiger partial charge >= 0.3 is 0 Å². The van der Waals surface area contributed by atoms with Crippen LogP contribution in [0.4, 0.5) is 0 Å². The van der Waals surface area contributed by atoms with Crippen molar-refractivity contribution in [1.82, 2.24) is 10.9 Å². The number of benzene rings is 1. The Morgan fingerprint density at radius 1 is 1.12 bits per heavy atom. The van der Waals surface area contributed by atoms with Gasteiger partial charge in [-0.05, 0) is 50.5 Å². The van der Waals surface area contributed by atoms with E-state index in [0.29, 0.717) is 38.7 Å². The molecule has 5 atom stereocenters. The number of hydroxylamine groups is 1. The van der Waals surface area contributed by atoms with Crippen molar-refractivity contribution < 1.29 is 29.1 Å². The van der Waals surface area contributed by atoms with Crippen molar-refractivity contribution in [2.24, 2.45) is 34.7 Å². The third-order valence-corrected chi connectivity index (χ3v) is 7.37. The van der Waals surface area contributed by atoms with Crippen molar-refractivity contribution in [2.45, 2.75) is 84.5 Å². The van der Waals surface area contributed by atoms with Crippen LogP contribution in [-0.4, -0.2) is 48.2 Å². The molecule has 1 aromatic rings. The summed E-state index contributed by atoms with van der Waals surface area (Å²) in [6.45, 7) is 6.00. The molecule has 1 aliphatic heterocycles. The maximum Gasteiger partial charge on any atom is 0.248 e. The second-order valence-corrected chi connectivity index (χ2v) is 11.1. The minimum Gasteiger partial charge on any atom is -0.396 e. The number of nitrogens with one attached hydrogen (secondary N) is 2. The maximum atomic E-state index is 14.2. The van der Waals surface area contributed by atoms with Crippen molar-refractivity contribution in [1.29, 1.82) is 0 Å². The van der Waals surface area contributed by atoms with Crippen LogP contribution >= 0.6 is 0 Å². The Bertz CT molecular complexity index is 949. The van der Waals surface area contributed by atoms with Crippen LogP contribution in [0.1, 0.15) is 77.7 Å². The first-order valence-corrected chi connectivity index (χ1v) is 14.4. The zero-order valence-corrected chi connectivity index (χ0v) is 24.1. The van der Waals surface area contributed by atoms with Crippen molar-refractivity contribution in [2.75, 3.05) is 13.2 Å². The summed E-state index contributed by atoms with van der Waals surface area (Å²) in [4.78, 5) is 47.3. The summed E-state index contributed by atoms with van der Waals surface area (Å²) in [6, 6.07) is 8.50. The molecule has 224 valence electrons. The summed E-state index contributed by atoms with van der Waals surface area (Å²) in [7, 11) is 0. The Morgan fingerprint density at radius 3 is 2.42 bits per heavy atom. The molecule has 2 unspecified atom stereocenters. The lowest BCUT2D eigenvalue weighted by Gasteiger charge is -2.41. The Hall–Kier alpha value is -2.63. The molecule has 0 spiro atoms. The SMILES string of the molecule is CC(C)C[C@@H](C(=O)NN)[C@H](C(=O)NOC1CCCCO1)C(/C=C/c1ccccc1)(CCCCCO)C(=O)[C@@H](C)N. The maximum absolute atomic E-state index is 14.2. The number of amides is 2. The molecule has 2 amide bonds. The third-order valence-electron chi connectivity index (χ3n) is 7.37. The number of hydrogen-bond acceptors (Lipinski definition) is 8. The molecule has 0 saturated carbocycles. The van der Waals surface area contributed by atoms with E-state index in [-0.39, 0.29) is 24.7 Å². The summed E-state index contributed by atoms with van der Waals surface area (Å²) in [6.07, 6.45) is 7.55. The predicted octanol–water partition coefficient (Wildman–Crippen LogP) is 3.00. The summed E-state index contributed by atoms with van der Waals surface area (Å²) in [5, 5.41) is 9.37. The lowest BCUT2D eigenvalue weighted by atomic mass is 9.61. The zero-order chi connectivity index (χ0) is 29.5. The Balaban J connectivity index is 2.69. The predicted molar refractivity (Wildman–Crippen MR) is 154 cm³/mol. The molecular weight excluding hydrogens is 512 g/mol. The van der Waals surface area contributed by atoms with E-state index in [1.165, 1.54) is 0 Å². The van der Waals surface area contributed by atoms with Gasteiger partial charge in [0.25, 0.3) is 0 Å². The molecule has 1 aliphatic rings. The number of carbonyl (C=O) groups excluding carboxylic acids is 3. The smallest absolute Gasteiger partial charge is 0.248 e. The van der Waals surface area contributed by atoms with Crippen LogP contribution in [0.3, 0.4) is 0 Å². The van der Waals surface area contributed by atoms with E-state index in [1.54, 1.807) is 19.1 Å². The van der Waals surface area contributed by atoms with E-state index >= 15 is 0 Å². The number of aliphatic hydroxyl groups is 1. The van der Waals surface area contributed by atoms with Gasteiger partial charge < -0.3 is 15.6 Å². The third kappa shape index (κ3) is 9.78. The van der Waals surface area contributed by atoms with E-state index in [9.17, 15) is 19.5 Å². The first kappa shape index (κ1) is 33.6. The van der Waals surface area contributed by atoms with Crippen LogP contribution in [-0.2, 0) is 24.0 Å². The molecule has 0 aliphatic carbocycles. The molecule has 0 aromatic heterocycles. The van der Waals surface area contributed by atoms with Crippen molar-refractivity contribution in [3.63, 3.8) is 0 Å². The average molecular weight is 561 g/mol. The number of Topliss-reactive ketones (excluding diaryl/α,β-unsaturated/α-hetero) is 1. The Labute approximate surface area is 238 Å². The molecule has 2 rings (SSSR count). The molecule has 1 fully saturated rings. The number of hydrazine groups is 1. The fraction of sp³-hybridized carbons (Fsp3) is 0.633. The van der Waals surface area contributed by atoms with Gasteiger partial charge in [0.05, 0.1) is 23.3 Å². The van der Waals surface area contributed by atoms with Crippen LogP contribution in [0.15, 0.2) is 36.4 Å². The number of carbonyl (C=O) groups is 3. The van der Waals surface area contributed by atoms with Gasteiger partial charge in [0.2, 0.25) is 11.8 Å². The quantitative estimate of drug-likeness (QED) is 0.0839. The minimum absolute atomic E-state index is 0.00999. The second-order valence-electron chi connectivity index (χ2n) is 11.1. The molecule has 1 aromatic carbocycles. The van der Waals surface area contributed by atoms with Crippen molar-refractivity contribution >= 4 is 23.7 Å². The van der Waals surface area contributed by atoms with Gasteiger partial charge in [-0.25, -0.2) is 16.2 Å². The topological polar surface area (TPSA) is 166 Å². The van der Waals surface area contributed by atoms with E-state index in [4.69, 9.17) is 21.2 Å². The molecule has 0 bridgehead atoms. The van der Waals surface area contributed by atoms with Gasteiger partial charge in [-0.2, -0.15) is 0 Å². The number of allylic oxidation sites excluding steroid dienone is 1. The summed E-state index contributed by atoms with van der Waals surface area (Å²) >= 11 is 0. The standard InChI is InChI=1S/C30H48N4O6/c1-21(2)20-24(28(37)33-32)26(29(38)34-40-25-14-8-11-19-39-25)30(27(36)22(3)31,16-9-5-10-18-35)17-15-23-12-6-4-7-13-23/h4,6-7,12-13,15,17,21-22,24-26,35H,5,8-11,14,16,18-20,31-32H2,1-3H3,(H,33,37)(H,34,38)/b17-15+/t22-,24-,25?,26-,30?/m1/s1. The van der Waals surface area contributed by atoms with Gasteiger partial charge in [-0.15, -0.1) is 0 Å². The van der Waals surface area contributed by atoms with Crippen LogP contribution in [0.5, 0.6) is 0 Å². The van der Waals surface area contributed by atoms with E-state index in [2.05, 4.69) is 10.9 Å². The molecule has 7 N–H and O–H groups in total. The van der Waals surface area contributed by atoms with Crippen molar-refractivity contribution in [3.8, 4) is 0 Å². The lowest BCUT2D eigenvalue weighted by Crippen LogP contribution is -2.56. The fourth-order valence-electron chi connectivity index (χ4n) is 5.42. The highest BCUT2D eigenvalue weighted by Crippen LogP contribution is 2.44. The molecule has 10 nitrogen and oxygen atoms in total. The molecule has 40 heavy (non-hydrogen) atoms. The van der Waals surface area contributed by atoms with Gasteiger partial charge in [0, 0.05) is 19.6 Å². The van der Waals surface area contributed by atoms with Crippen LogP contribution < -0.4 is 22.5 Å². The first-order chi connectivity index (χ1) is 19.2. The van der Waals surface area contributed by atoms with E-state index in [1.807, 2.05) is 44.2 Å². The molecule has 1 heterocycles. The minimum atomic E-state index is -1.47. The Kier molecular flexibility index (Phi) is 14.5. The van der Waals surface area contributed by atoms with Crippen LogP contribution in [0, 0.1) is 23.2 Å². The van der Waals surface area contributed by atoms with E-state index < -0.39 is 41.4 Å². The number of ether oxygens (including phenoxy) is 1. The van der Waals surface area contributed by atoms with Crippen LogP contribution in [0.2, 0.25) is 0 Å². The number of nitrogens with two attached hydrogens (primary N) is 2.